The van der Waals surface area contributed by atoms with Crippen molar-refractivity contribution in [2.75, 3.05) is 6.61 Å². The van der Waals surface area contributed by atoms with E-state index in [9.17, 15) is 9.59 Å². The van der Waals surface area contributed by atoms with Gasteiger partial charge in [-0.25, -0.2) is 4.98 Å². The van der Waals surface area contributed by atoms with E-state index in [4.69, 9.17) is 14.5 Å². The summed E-state index contributed by atoms with van der Waals surface area (Å²) in [6.07, 6.45) is 1.54. The van der Waals surface area contributed by atoms with Crippen molar-refractivity contribution in [1.82, 2.24) is 9.66 Å². The summed E-state index contributed by atoms with van der Waals surface area (Å²) in [6, 6.07) is 19.9. The van der Waals surface area contributed by atoms with Crippen LogP contribution in [0.4, 0.5) is 0 Å². The Morgan fingerprint density at radius 2 is 1.82 bits per heavy atom. The molecule has 0 fully saturated rings. The van der Waals surface area contributed by atoms with Crippen LogP contribution in [0.2, 0.25) is 0 Å². The van der Waals surface area contributed by atoms with Crippen molar-refractivity contribution in [2.24, 2.45) is 5.10 Å². The Labute approximate surface area is 198 Å². The van der Waals surface area contributed by atoms with Crippen LogP contribution in [0, 0.1) is 0 Å². The fourth-order valence-electron chi connectivity index (χ4n) is 3.28. The molecule has 0 unspecified atom stereocenters. The SMILES string of the molecule is CCOc1cc(C=Nn2c(-c3ccccc3)nc3ccccc3c2=O)c(Br)cc1OC(C)=O. The van der Waals surface area contributed by atoms with E-state index < -0.39 is 5.97 Å². The van der Waals surface area contributed by atoms with E-state index in [1.54, 1.807) is 30.3 Å². The highest BCUT2D eigenvalue weighted by atomic mass is 79.9. The van der Waals surface area contributed by atoms with Gasteiger partial charge in [0.1, 0.15) is 0 Å². The van der Waals surface area contributed by atoms with Crippen molar-refractivity contribution >= 4 is 39.0 Å². The molecule has 0 N–H and O–H groups in total. The number of para-hydroxylation sites is 1. The first-order valence-corrected chi connectivity index (χ1v) is 11.0. The topological polar surface area (TPSA) is 82.8 Å². The Balaban J connectivity index is 1.86. The number of rotatable bonds is 6. The largest absolute Gasteiger partial charge is 0.490 e. The molecule has 166 valence electrons. The van der Waals surface area contributed by atoms with Crippen LogP contribution in [0.1, 0.15) is 19.4 Å². The number of carbonyl (C=O) groups is 1. The fourth-order valence-corrected chi connectivity index (χ4v) is 3.70. The highest BCUT2D eigenvalue weighted by molar-refractivity contribution is 9.10. The molecular formula is C25H20BrN3O4. The lowest BCUT2D eigenvalue weighted by atomic mass is 10.2. The van der Waals surface area contributed by atoms with Crippen LogP contribution < -0.4 is 15.0 Å². The molecule has 33 heavy (non-hydrogen) atoms. The van der Waals surface area contributed by atoms with Gasteiger partial charge in [0.15, 0.2) is 17.3 Å². The molecule has 0 amide bonds. The molecule has 8 heteroatoms. The third kappa shape index (κ3) is 4.85. The van der Waals surface area contributed by atoms with Crippen molar-refractivity contribution < 1.29 is 14.3 Å². The summed E-state index contributed by atoms with van der Waals surface area (Å²) in [5.41, 5.74) is 1.71. The number of hydrogen-bond donors (Lipinski definition) is 0. The summed E-state index contributed by atoms with van der Waals surface area (Å²) in [4.78, 5) is 29.4. The number of carbonyl (C=O) groups excluding carboxylic acids is 1. The molecule has 4 aromatic rings. The zero-order chi connectivity index (χ0) is 23.4. The predicted molar refractivity (Wildman–Crippen MR) is 131 cm³/mol. The van der Waals surface area contributed by atoms with Gasteiger partial charge >= 0.3 is 5.97 Å². The van der Waals surface area contributed by atoms with E-state index in [1.165, 1.54) is 17.8 Å². The first kappa shape index (κ1) is 22.4. The molecule has 3 aromatic carbocycles. The van der Waals surface area contributed by atoms with E-state index in [0.29, 0.717) is 44.9 Å². The molecule has 0 bridgehead atoms. The number of nitrogens with zero attached hydrogens (tertiary/aromatic N) is 3. The quantitative estimate of drug-likeness (QED) is 0.208. The Morgan fingerprint density at radius 1 is 1.09 bits per heavy atom. The molecule has 0 radical (unpaired) electrons. The van der Waals surface area contributed by atoms with Crippen LogP contribution >= 0.6 is 15.9 Å². The first-order chi connectivity index (χ1) is 16.0. The van der Waals surface area contributed by atoms with E-state index in [2.05, 4.69) is 21.0 Å². The summed E-state index contributed by atoms with van der Waals surface area (Å²) in [6.45, 7) is 3.54. The van der Waals surface area contributed by atoms with Crippen molar-refractivity contribution in [2.45, 2.75) is 13.8 Å². The summed E-state index contributed by atoms with van der Waals surface area (Å²) in [7, 11) is 0. The molecule has 0 saturated heterocycles. The molecule has 1 aromatic heterocycles. The predicted octanol–water partition coefficient (Wildman–Crippen LogP) is 5.03. The smallest absolute Gasteiger partial charge is 0.308 e. The molecule has 0 aliphatic heterocycles. The third-order valence-electron chi connectivity index (χ3n) is 4.71. The molecule has 0 aliphatic rings. The van der Waals surface area contributed by atoms with Crippen molar-refractivity contribution in [1.29, 1.82) is 0 Å². The monoisotopic (exact) mass is 505 g/mol. The molecule has 0 aliphatic carbocycles. The van der Waals surface area contributed by atoms with Gasteiger partial charge in [-0.3, -0.25) is 9.59 Å². The molecule has 4 rings (SSSR count). The Kier molecular flexibility index (Phi) is 6.65. The Morgan fingerprint density at radius 3 is 2.55 bits per heavy atom. The van der Waals surface area contributed by atoms with Gasteiger partial charge in [-0.2, -0.15) is 9.78 Å². The van der Waals surface area contributed by atoms with Gasteiger partial charge < -0.3 is 9.47 Å². The number of hydrogen-bond acceptors (Lipinski definition) is 6. The van der Waals surface area contributed by atoms with Crippen LogP contribution in [-0.2, 0) is 4.79 Å². The number of benzene rings is 3. The molecule has 0 atom stereocenters. The lowest BCUT2D eigenvalue weighted by Gasteiger charge is -2.12. The number of fused-ring (bicyclic) bond motifs is 1. The lowest BCUT2D eigenvalue weighted by molar-refractivity contribution is -0.132. The minimum atomic E-state index is -0.453. The standard InChI is InChI=1S/C25H20BrN3O4/c1-3-32-22-13-18(20(26)14-23(22)33-16(2)30)15-27-29-24(17-9-5-4-6-10-17)28-21-12-8-7-11-19(21)25(29)31/h4-15H,3H2,1-2H3. The second-order valence-electron chi connectivity index (χ2n) is 7.03. The number of aromatic nitrogens is 2. The molecule has 0 saturated carbocycles. The maximum atomic E-state index is 13.3. The zero-order valence-electron chi connectivity index (χ0n) is 18.0. The summed E-state index contributed by atoms with van der Waals surface area (Å²) in [5, 5.41) is 4.94. The van der Waals surface area contributed by atoms with Gasteiger partial charge in [0.05, 0.1) is 23.7 Å². The molecule has 7 nitrogen and oxygen atoms in total. The van der Waals surface area contributed by atoms with Gasteiger partial charge in [-0.05, 0) is 47.1 Å². The van der Waals surface area contributed by atoms with Crippen molar-refractivity contribution in [3.63, 3.8) is 0 Å². The average molecular weight is 506 g/mol. The van der Waals surface area contributed by atoms with Crippen LogP contribution in [0.25, 0.3) is 22.3 Å². The first-order valence-electron chi connectivity index (χ1n) is 10.2. The van der Waals surface area contributed by atoms with Gasteiger partial charge in [-0.1, -0.05) is 42.5 Å². The average Bonchev–Trinajstić information content (AvgIpc) is 2.81. The molecule has 0 spiro atoms. The Bertz CT molecular complexity index is 1410. The maximum Gasteiger partial charge on any atom is 0.308 e. The van der Waals surface area contributed by atoms with Crippen LogP contribution in [0.15, 0.2) is 81.1 Å². The van der Waals surface area contributed by atoms with Crippen LogP contribution in [0.3, 0.4) is 0 Å². The van der Waals surface area contributed by atoms with E-state index in [1.807, 2.05) is 43.3 Å². The van der Waals surface area contributed by atoms with Gasteiger partial charge in [0, 0.05) is 22.5 Å². The molecular weight excluding hydrogens is 486 g/mol. The minimum Gasteiger partial charge on any atom is -0.490 e. The number of ether oxygens (including phenoxy) is 2. The van der Waals surface area contributed by atoms with Crippen molar-refractivity contribution in [3.8, 4) is 22.9 Å². The van der Waals surface area contributed by atoms with Gasteiger partial charge in [0.2, 0.25) is 0 Å². The second-order valence-corrected chi connectivity index (χ2v) is 7.88. The van der Waals surface area contributed by atoms with Gasteiger partial charge in [0.25, 0.3) is 5.56 Å². The normalized spacial score (nSPS) is 11.1. The van der Waals surface area contributed by atoms with Crippen LogP contribution in [-0.4, -0.2) is 28.5 Å². The van der Waals surface area contributed by atoms with Crippen molar-refractivity contribution in [3.05, 3.63) is 87.1 Å². The van der Waals surface area contributed by atoms with Gasteiger partial charge in [-0.15, -0.1) is 0 Å². The van der Waals surface area contributed by atoms with Crippen LogP contribution in [0.5, 0.6) is 11.5 Å². The zero-order valence-corrected chi connectivity index (χ0v) is 19.6. The Hall–Kier alpha value is -3.78. The summed E-state index contributed by atoms with van der Waals surface area (Å²) < 4.78 is 12.8. The minimum absolute atomic E-state index is 0.284. The number of halogens is 1. The lowest BCUT2D eigenvalue weighted by Crippen LogP contribution is -2.20. The van der Waals surface area contributed by atoms with E-state index >= 15 is 0 Å². The van der Waals surface area contributed by atoms with E-state index in [-0.39, 0.29) is 5.56 Å². The van der Waals surface area contributed by atoms with E-state index in [0.717, 1.165) is 5.56 Å². The summed E-state index contributed by atoms with van der Waals surface area (Å²) >= 11 is 3.48. The maximum absolute atomic E-state index is 13.3. The summed E-state index contributed by atoms with van der Waals surface area (Å²) in [5.74, 6) is 0.659. The fraction of sp³-hybridized carbons (Fsp3) is 0.120. The highest BCUT2D eigenvalue weighted by Gasteiger charge is 2.14. The third-order valence-corrected chi connectivity index (χ3v) is 5.40. The molecule has 1 heterocycles. The number of esters is 1. The highest BCUT2D eigenvalue weighted by Crippen LogP contribution is 2.33. The second kappa shape index (κ2) is 9.79.